The molecule has 0 saturated heterocycles. The third-order valence-electron chi connectivity index (χ3n) is 4.57. The molecule has 0 saturated carbocycles. The van der Waals surface area contributed by atoms with E-state index in [1.165, 1.54) is 0 Å². The summed E-state index contributed by atoms with van der Waals surface area (Å²) in [7, 11) is 3.26. The van der Waals surface area contributed by atoms with Gasteiger partial charge in [-0.15, -0.1) is 11.6 Å². The van der Waals surface area contributed by atoms with Crippen molar-refractivity contribution in [2.45, 2.75) is 4.87 Å². The third-order valence-corrected chi connectivity index (χ3v) is 5.23. The van der Waals surface area contributed by atoms with E-state index in [1.807, 2.05) is 60.7 Å². The van der Waals surface area contributed by atoms with Crippen LogP contribution in [0.1, 0.15) is 16.7 Å². The Morgan fingerprint density at radius 3 is 1.36 bits per heavy atom. The summed E-state index contributed by atoms with van der Waals surface area (Å²) in [6, 6.07) is 22.7. The molecule has 0 radical (unpaired) electrons. The van der Waals surface area contributed by atoms with Gasteiger partial charge in [-0.3, -0.25) is 0 Å². The van der Waals surface area contributed by atoms with Crippen LogP contribution in [0.4, 0.5) is 4.39 Å². The van der Waals surface area contributed by atoms with Gasteiger partial charge in [0.25, 0.3) is 0 Å². The highest BCUT2D eigenvalue weighted by Crippen LogP contribution is 2.44. The molecule has 3 rings (SSSR count). The average Bonchev–Trinajstić information content (AvgIpc) is 2.77. The van der Waals surface area contributed by atoms with Gasteiger partial charge in [-0.2, -0.15) is 0 Å². The summed E-state index contributed by atoms with van der Waals surface area (Å²) in [6.07, 6.45) is 0. The van der Waals surface area contributed by atoms with E-state index in [1.54, 1.807) is 26.4 Å². The molecule has 5 heteroatoms. The molecule has 3 nitrogen and oxygen atoms in total. The summed E-state index contributed by atoms with van der Waals surface area (Å²) in [5.74, 6) is 2.12. The van der Waals surface area contributed by atoms with Crippen LogP contribution in [0.25, 0.3) is 0 Å². The minimum absolute atomic E-state index is 0.0301. The third kappa shape index (κ3) is 4.07. The van der Waals surface area contributed by atoms with E-state index in [-0.39, 0.29) is 6.61 Å². The number of alkyl halides is 2. The lowest BCUT2D eigenvalue weighted by molar-refractivity contribution is 0.273. The van der Waals surface area contributed by atoms with Gasteiger partial charge in [0.15, 0.2) is 0 Å². The van der Waals surface area contributed by atoms with Crippen LogP contribution in [0.2, 0.25) is 0 Å². The Kier molecular flexibility index (Phi) is 6.42. The standard InChI is InChI=1S/C23H22ClFO3/c1-26-20-9-3-17(4-10-20)23(24,18-5-11-21(27-2)12-6-18)19-7-13-22(14-8-19)28-16-15-25/h3-14H,15-16H2,1-2H3. The quantitative estimate of drug-likeness (QED) is 0.365. The molecule has 3 aromatic rings. The van der Waals surface area contributed by atoms with Gasteiger partial charge in [-0.25, -0.2) is 4.39 Å². The smallest absolute Gasteiger partial charge is 0.123 e. The summed E-state index contributed by atoms with van der Waals surface area (Å²) in [4.78, 5) is -0.919. The zero-order valence-corrected chi connectivity index (χ0v) is 16.6. The highest BCUT2D eigenvalue weighted by atomic mass is 35.5. The molecule has 28 heavy (non-hydrogen) atoms. The molecule has 0 spiro atoms. The fourth-order valence-electron chi connectivity index (χ4n) is 3.08. The second kappa shape index (κ2) is 8.98. The number of benzene rings is 3. The maximum atomic E-state index is 12.3. The van der Waals surface area contributed by atoms with Crippen molar-refractivity contribution in [3.8, 4) is 17.2 Å². The summed E-state index contributed by atoms with van der Waals surface area (Å²) in [5, 5.41) is 0. The fourth-order valence-corrected chi connectivity index (χ4v) is 3.46. The van der Waals surface area contributed by atoms with E-state index < -0.39 is 11.5 Å². The SMILES string of the molecule is COc1ccc(C(Cl)(c2ccc(OC)cc2)c2ccc(OCCF)cc2)cc1. The first-order valence-electron chi connectivity index (χ1n) is 8.89. The number of methoxy groups -OCH3 is 2. The van der Waals surface area contributed by atoms with Gasteiger partial charge in [-0.05, 0) is 53.1 Å². The van der Waals surface area contributed by atoms with Crippen molar-refractivity contribution in [1.82, 2.24) is 0 Å². The molecule has 0 aromatic heterocycles. The molecule has 0 bridgehead atoms. The van der Waals surface area contributed by atoms with Crippen LogP contribution in [-0.2, 0) is 4.87 Å². The minimum Gasteiger partial charge on any atom is -0.497 e. The number of hydrogen-bond acceptors (Lipinski definition) is 3. The van der Waals surface area contributed by atoms with Gasteiger partial charge in [0.1, 0.15) is 35.4 Å². The monoisotopic (exact) mass is 400 g/mol. The van der Waals surface area contributed by atoms with E-state index >= 15 is 0 Å². The number of hydrogen-bond donors (Lipinski definition) is 0. The maximum absolute atomic E-state index is 12.3. The molecule has 146 valence electrons. The summed E-state index contributed by atoms with van der Waals surface area (Å²) < 4.78 is 28.2. The number of halogens is 2. The fraction of sp³-hybridized carbons (Fsp3) is 0.217. The Hall–Kier alpha value is -2.72. The Labute approximate surface area is 169 Å². The Balaban J connectivity index is 2.07. The van der Waals surface area contributed by atoms with Crippen LogP contribution < -0.4 is 14.2 Å². The first kappa shape index (κ1) is 20.0. The van der Waals surface area contributed by atoms with Gasteiger partial charge < -0.3 is 14.2 Å². The molecule has 0 atom stereocenters. The lowest BCUT2D eigenvalue weighted by Crippen LogP contribution is -2.22. The molecule has 0 fully saturated rings. The van der Waals surface area contributed by atoms with Crippen molar-refractivity contribution >= 4 is 11.6 Å². The predicted molar refractivity (Wildman–Crippen MR) is 110 cm³/mol. The van der Waals surface area contributed by atoms with Gasteiger partial charge in [-0.1, -0.05) is 36.4 Å². The molecule has 0 aliphatic rings. The lowest BCUT2D eigenvalue weighted by atomic mass is 9.84. The van der Waals surface area contributed by atoms with Crippen molar-refractivity contribution in [2.24, 2.45) is 0 Å². The van der Waals surface area contributed by atoms with Gasteiger partial charge >= 0.3 is 0 Å². The van der Waals surface area contributed by atoms with Crippen LogP contribution in [0.15, 0.2) is 72.8 Å². The summed E-state index contributed by atoms with van der Waals surface area (Å²) in [5.41, 5.74) is 2.67. The largest absolute Gasteiger partial charge is 0.497 e. The molecule has 0 N–H and O–H groups in total. The zero-order valence-electron chi connectivity index (χ0n) is 15.8. The van der Waals surface area contributed by atoms with Crippen molar-refractivity contribution < 1.29 is 18.6 Å². The summed E-state index contributed by atoms with van der Waals surface area (Å²) in [6.45, 7) is -0.499. The van der Waals surface area contributed by atoms with Crippen molar-refractivity contribution in [2.75, 3.05) is 27.5 Å². The minimum atomic E-state index is -0.919. The van der Waals surface area contributed by atoms with E-state index in [9.17, 15) is 4.39 Å². The van der Waals surface area contributed by atoms with Gasteiger partial charge in [0.05, 0.1) is 14.2 Å². The lowest BCUT2D eigenvalue weighted by Gasteiger charge is -2.29. The molecule has 3 aromatic carbocycles. The van der Waals surface area contributed by atoms with Crippen LogP contribution in [0.5, 0.6) is 17.2 Å². The van der Waals surface area contributed by atoms with Crippen molar-refractivity contribution in [3.63, 3.8) is 0 Å². The van der Waals surface area contributed by atoms with Gasteiger partial charge in [0, 0.05) is 0 Å². The molecular weight excluding hydrogens is 379 g/mol. The van der Waals surface area contributed by atoms with E-state index in [0.29, 0.717) is 5.75 Å². The highest BCUT2D eigenvalue weighted by molar-refractivity contribution is 6.28. The zero-order chi connectivity index (χ0) is 20.0. The maximum Gasteiger partial charge on any atom is 0.123 e. The van der Waals surface area contributed by atoms with E-state index in [2.05, 4.69) is 0 Å². The first-order valence-corrected chi connectivity index (χ1v) is 9.27. The number of ether oxygens (including phenoxy) is 3. The van der Waals surface area contributed by atoms with Crippen LogP contribution in [-0.4, -0.2) is 27.5 Å². The predicted octanol–water partition coefficient (Wildman–Crippen LogP) is 5.58. The Morgan fingerprint density at radius 1 is 0.679 bits per heavy atom. The normalized spacial score (nSPS) is 11.1. The van der Waals surface area contributed by atoms with Crippen LogP contribution >= 0.6 is 11.6 Å². The second-order valence-electron chi connectivity index (χ2n) is 6.18. The first-order chi connectivity index (χ1) is 13.6. The molecule has 0 heterocycles. The van der Waals surface area contributed by atoms with Gasteiger partial charge in [0.2, 0.25) is 0 Å². The molecule has 0 unspecified atom stereocenters. The molecule has 0 aliphatic heterocycles. The summed E-state index contributed by atoms with van der Waals surface area (Å²) >= 11 is 7.28. The second-order valence-corrected chi connectivity index (χ2v) is 6.74. The van der Waals surface area contributed by atoms with E-state index in [0.717, 1.165) is 28.2 Å². The molecule has 0 aliphatic carbocycles. The van der Waals surface area contributed by atoms with Crippen LogP contribution in [0, 0.1) is 0 Å². The van der Waals surface area contributed by atoms with E-state index in [4.69, 9.17) is 25.8 Å². The highest BCUT2D eigenvalue weighted by Gasteiger charge is 2.34. The van der Waals surface area contributed by atoms with Crippen LogP contribution in [0.3, 0.4) is 0 Å². The van der Waals surface area contributed by atoms with Crippen molar-refractivity contribution in [1.29, 1.82) is 0 Å². The Bertz CT molecular complexity index is 830. The van der Waals surface area contributed by atoms with Crippen molar-refractivity contribution in [3.05, 3.63) is 89.5 Å². The number of rotatable bonds is 8. The topological polar surface area (TPSA) is 27.7 Å². The average molecular weight is 401 g/mol. The Morgan fingerprint density at radius 2 is 1.04 bits per heavy atom. The molecule has 0 amide bonds. The molecular formula is C23H22ClFO3.